The Bertz CT molecular complexity index is 1400. The maximum atomic E-state index is 6.40. The lowest BCUT2D eigenvalue weighted by Gasteiger charge is -1.97. The van der Waals surface area contributed by atoms with Gasteiger partial charge in [0, 0.05) is 5.56 Å². The molecule has 0 N–H and O–H groups in total. The summed E-state index contributed by atoms with van der Waals surface area (Å²) in [5.41, 5.74) is 3.82. The predicted octanol–water partition coefficient (Wildman–Crippen LogP) is 6.13. The molecule has 3 aromatic carbocycles. The van der Waals surface area contributed by atoms with E-state index < -0.39 is 0 Å². The second-order valence-corrected chi connectivity index (χ2v) is 7.83. The van der Waals surface area contributed by atoms with Crippen LogP contribution in [-0.2, 0) is 0 Å². The summed E-state index contributed by atoms with van der Waals surface area (Å²) in [5, 5.41) is 9.51. The lowest BCUT2D eigenvalue weighted by atomic mass is 10.1. The smallest absolute Gasteiger partial charge is 0.272 e. The number of thiazole rings is 1. The molecule has 146 valence electrons. The zero-order valence-electron chi connectivity index (χ0n) is 15.6. The maximum Gasteiger partial charge on any atom is 0.272 e. The van der Waals surface area contributed by atoms with Crippen molar-refractivity contribution in [2.24, 2.45) is 10.1 Å². The van der Waals surface area contributed by atoms with E-state index in [0.29, 0.717) is 21.2 Å². The molecule has 0 spiro atoms. The summed E-state index contributed by atoms with van der Waals surface area (Å²) in [6.45, 7) is 0. The number of aromatic nitrogens is 2. The van der Waals surface area contributed by atoms with E-state index in [0.717, 1.165) is 21.5 Å². The van der Waals surface area contributed by atoms with E-state index in [-0.39, 0.29) is 0 Å². The Hall–Kier alpha value is -3.48. The van der Waals surface area contributed by atoms with Crippen molar-refractivity contribution in [1.82, 2.24) is 9.83 Å². The third-order valence-corrected chi connectivity index (χ3v) is 5.78. The van der Waals surface area contributed by atoms with Gasteiger partial charge in [-0.3, -0.25) is 0 Å². The molecule has 2 aromatic heterocycles. The fourth-order valence-electron chi connectivity index (χ4n) is 2.99. The molecule has 0 fully saturated rings. The topological polar surface area (TPSA) is 55.7 Å². The lowest BCUT2D eigenvalue weighted by molar-refractivity contribution is 0.439. The number of fused-ring (bicyclic) bond motifs is 1. The normalized spacial score (nSPS) is 12.2. The molecule has 0 bridgehead atoms. The predicted molar refractivity (Wildman–Crippen MR) is 121 cm³/mol. The minimum atomic E-state index is 0.525. The van der Waals surface area contributed by atoms with Gasteiger partial charge in [0.15, 0.2) is 0 Å². The maximum absolute atomic E-state index is 6.40. The summed E-state index contributed by atoms with van der Waals surface area (Å²) in [5.74, 6) is 0. The molecule has 0 radical (unpaired) electrons. The highest BCUT2D eigenvalue weighted by Crippen LogP contribution is 2.34. The Balaban J connectivity index is 1.72. The van der Waals surface area contributed by atoms with Gasteiger partial charge in [-0.1, -0.05) is 94.8 Å². The third-order valence-electron chi connectivity index (χ3n) is 4.43. The number of hydrogen-bond acceptors (Lipinski definition) is 5. The number of para-hydroxylation sites is 1. The molecule has 0 amide bonds. The van der Waals surface area contributed by atoms with Crippen molar-refractivity contribution in [2.45, 2.75) is 0 Å². The van der Waals surface area contributed by atoms with Gasteiger partial charge in [0.2, 0.25) is 4.80 Å². The highest BCUT2D eigenvalue weighted by molar-refractivity contribution is 7.16. The van der Waals surface area contributed by atoms with Crippen LogP contribution in [0.1, 0.15) is 5.56 Å². The first kappa shape index (κ1) is 18.5. The highest BCUT2D eigenvalue weighted by Gasteiger charge is 2.19. The van der Waals surface area contributed by atoms with Gasteiger partial charge in [-0.25, -0.2) is 4.99 Å². The molecule has 2 heterocycles. The van der Waals surface area contributed by atoms with Gasteiger partial charge in [-0.15, -0.1) is 0 Å². The number of halogens is 1. The Kier molecular flexibility index (Phi) is 5.01. The average Bonchev–Trinajstić information content (AvgIpc) is 3.33. The van der Waals surface area contributed by atoms with Crippen molar-refractivity contribution in [3.05, 3.63) is 100 Å². The minimum absolute atomic E-state index is 0.525. The molecule has 0 aliphatic carbocycles. The monoisotopic (exact) mass is 430 g/mol. The first-order chi connectivity index (χ1) is 14.8. The molecule has 7 heteroatoms. The van der Waals surface area contributed by atoms with E-state index >= 15 is 0 Å². The molecule has 0 aliphatic rings. The Morgan fingerprint density at radius 2 is 1.60 bits per heavy atom. The van der Waals surface area contributed by atoms with Crippen LogP contribution in [0.15, 0.2) is 99.5 Å². The molecular weight excluding hydrogens is 416 g/mol. The van der Waals surface area contributed by atoms with E-state index in [1.165, 1.54) is 11.3 Å². The van der Waals surface area contributed by atoms with Crippen molar-refractivity contribution < 1.29 is 4.52 Å². The standard InChI is InChI=1S/C23H15ClN4OS/c24-19-14-8-7-13-18(19)20-21-22(29-27-20)28(25-15-16-9-3-1-4-10-16)23(30-21)26-17-11-5-2-6-12-17/h1-15H/b25-15+,26-23?. The number of benzene rings is 3. The molecule has 0 aliphatic heterocycles. The summed E-state index contributed by atoms with van der Waals surface area (Å²) in [6.07, 6.45) is 1.77. The van der Waals surface area contributed by atoms with Gasteiger partial charge in [-0.2, -0.15) is 9.78 Å². The van der Waals surface area contributed by atoms with Crippen molar-refractivity contribution in [3.63, 3.8) is 0 Å². The summed E-state index contributed by atoms with van der Waals surface area (Å²) < 4.78 is 8.20. The van der Waals surface area contributed by atoms with Crippen LogP contribution in [0.3, 0.4) is 0 Å². The van der Waals surface area contributed by atoms with Crippen molar-refractivity contribution >= 4 is 45.3 Å². The lowest BCUT2D eigenvalue weighted by Crippen LogP contribution is -2.09. The first-order valence-corrected chi connectivity index (χ1v) is 10.4. The summed E-state index contributed by atoms with van der Waals surface area (Å²) in [7, 11) is 0. The Labute approximate surface area is 181 Å². The fourth-order valence-corrected chi connectivity index (χ4v) is 4.22. The van der Waals surface area contributed by atoms with Crippen LogP contribution in [0, 0.1) is 0 Å². The summed E-state index contributed by atoms with van der Waals surface area (Å²) in [4.78, 5) is 5.45. The molecular formula is C23H15ClN4OS. The fraction of sp³-hybridized carbons (Fsp3) is 0. The van der Waals surface area contributed by atoms with Crippen molar-refractivity contribution in [1.29, 1.82) is 0 Å². The average molecular weight is 431 g/mol. The Morgan fingerprint density at radius 1 is 0.900 bits per heavy atom. The first-order valence-electron chi connectivity index (χ1n) is 9.25. The molecule has 5 aromatic rings. The van der Waals surface area contributed by atoms with E-state index in [9.17, 15) is 0 Å². The van der Waals surface area contributed by atoms with Gasteiger partial charge in [0.1, 0.15) is 10.4 Å². The van der Waals surface area contributed by atoms with Crippen LogP contribution in [0.2, 0.25) is 5.02 Å². The SMILES string of the molecule is Clc1ccccc1-c1noc2c1sc(=Nc1ccccc1)n2/N=C/c1ccccc1. The molecule has 30 heavy (non-hydrogen) atoms. The molecule has 0 saturated heterocycles. The van der Waals surface area contributed by atoms with Crippen molar-refractivity contribution in [3.8, 4) is 11.3 Å². The van der Waals surface area contributed by atoms with Gasteiger partial charge >= 0.3 is 0 Å². The molecule has 0 unspecified atom stereocenters. The zero-order valence-corrected chi connectivity index (χ0v) is 17.2. The van der Waals surface area contributed by atoms with Crippen LogP contribution in [-0.4, -0.2) is 16.0 Å². The van der Waals surface area contributed by atoms with E-state index in [2.05, 4.69) is 10.3 Å². The van der Waals surface area contributed by atoms with Crippen molar-refractivity contribution in [2.75, 3.05) is 0 Å². The number of rotatable bonds is 4. The second kappa shape index (κ2) is 8.10. The van der Waals surface area contributed by atoms with Crippen LogP contribution < -0.4 is 4.80 Å². The van der Waals surface area contributed by atoms with E-state index in [4.69, 9.17) is 21.1 Å². The van der Waals surface area contributed by atoms with Crippen LogP contribution in [0.25, 0.3) is 21.7 Å². The molecule has 0 atom stereocenters. The second-order valence-electron chi connectivity index (χ2n) is 6.44. The quantitative estimate of drug-likeness (QED) is 0.322. The molecule has 5 rings (SSSR count). The number of nitrogens with zero attached hydrogens (tertiary/aromatic N) is 4. The van der Waals surface area contributed by atoms with Crippen LogP contribution >= 0.6 is 22.9 Å². The van der Waals surface area contributed by atoms with E-state index in [1.807, 2.05) is 84.9 Å². The zero-order chi connectivity index (χ0) is 20.3. The van der Waals surface area contributed by atoms with Gasteiger partial charge in [-0.05, 0) is 23.8 Å². The van der Waals surface area contributed by atoms with Crippen LogP contribution in [0.4, 0.5) is 5.69 Å². The molecule has 0 saturated carbocycles. The third kappa shape index (κ3) is 3.58. The van der Waals surface area contributed by atoms with Gasteiger partial charge in [0.25, 0.3) is 5.71 Å². The summed E-state index contributed by atoms with van der Waals surface area (Å²) >= 11 is 7.86. The minimum Gasteiger partial charge on any atom is -0.334 e. The van der Waals surface area contributed by atoms with Gasteiger partial charge in [0.05, 0.1) is 16.9 Å². The van der Waals surface area contributed by atoms with Gasteiger partial charge < -0.3 is 4.52 Å². The summed E-state index contributed by atoms with van der Waals surface area (Å²) in [6, 6.07) is 27.2. The van der Waals surface area contributed by atoms with Crippen LogP contribution in [0.5, 0.6) is 0 Å². The van der Waals surface area contributed by atoms with E-state index in [1.54, 1.807) is 10.9 Å². The highest BCUT2D eigenvalue weighted by atomic mass is 35.5. The largest absolute Gasteiger partial charge is 0.334 e. The number of hydrogen-bond donors (Lipinski definition) is 0. The molecule has 5 nitrogen and oxygen atoms in total. The Morgan fingerprint density at radius 3 is 2.37 bits per heavy atom.